The van der Waals surface area contributed by atoms with Gasteiger partial charge in [-0.3, -0.25) is 4.45 Å². The Balaban J connectivity index is 2.70. The molecule has 2 aromatic rings. The standard InChI is InChI=1S/C8H7N2O2P/c11-8(12)5-1-2-7-6(3-5)4-9-10(7)13/h1-4H,13H2,(H,11,12). The van der Waals surface area contributed by atoms with Gasteiger partial charge >= 0.3 is 5.97 Å². The Morgan fingerprint density at radius 3 is 3.00 bits per heavy atom. The summed E-state index contributed by atoms with van der Waals surface area (Å²) in [6.07, 6.45) is 1.63. The number of rotatable bonds is 1. The first-order chi connectivity index (χ1) is 6.18. The normalized spacial score (nSPS) is 10.5. The molecule has 2 rings (SSSR count). The molecule has 0 bridgehead atoms. The van der Waals surface area contributed by atoms with Crippen molar-refractivity contribution in [2.24, 2.45) is 0 Å². The predicted molar refractivity (Wildman–Crippen MR) is 51.8 cm³/mol. The highest BCUT2D eigenvalue weighted by atomic mass is 31.0. The second-order valence-corrected chi connectivity index (χ2v) is 3.16. The van der Waals surface area contributed by atoms with Gasteiger partial charge in [-0.15, -0.1) is 0 Å². The van der Waals surface area contributed by atoms with Crippen molar-refractivity contribution in [3.63, 3.8) is 0 Å². The summed E-state index contributed by atoms with van der Waals surface area (Å²) in [5.74, 6) is -0.918. The quantitative estimate of drug-likeness (QED) is 0.697. The molecule has 1 atom stereocenters. The zero-order chi connectivity index (χ0) is 9.42. The Morgan fingerprint density at radius 1 is 1.54 bits per heavy atom. The zero-order valence-electron chi connectivity index (χ0n) is 6.64. The zero-order valence-corrected chi connectivity index (χ0v) is 7.79. The minimum atomic E-state index is -0.918. The van der Waals surface area contributed by atoms with Gasteiger partial charge in [0.15, 0.2) is 0 Å². The fourth-order valence-corrected chi connectivity index (χ4v) is 1.49. The smallest absolute Gasteiger partial charge is 0.335 e. The van der Waals surface area contributed by atoms with E-state index in [2.05, 4.69) is 14.5 Å². The lowest BCUT2D eigenvalue weighted by atomic mass is 10.2. The van der Waals surface area contributed by atoms with E-state index in [1.54, 1.807) is 28.8 Å². The summed E-state index contributed by atoms with van der Waals surface area (Å²) in [6.45, 7) is 0. The van der Waals surface area contributed by atoms with Crippen molar-refractivity contribution in [2.45, 2.75) is 0 Å². The SMILES string of the molecule is O=C(O)c1ccc2c(cnn2P)c1. The monoisotopic (exact) mass is 194 g/mol. The predicted octanol–water partition coefficient (Wildman–Crippen LogP) is 1.37. The van der Waals surface area contributed by atoms with Crippen LogP contribution in [-0.4, -0.2) is 20.6 Å². The molecule has 0 saturated heterocycles. The summed E-state index contributed by atoms with van der Waals surface area (Å²) >= 11 is 0. The third kappa shape index (κ3) is 1.29. The highest BCUT2D eigenvalue weighted by Gasteiger charge is 2.05. The van der Waals surface area contributed by atoms with E-state index in [0.717, 1.165) is 10.9 Å². The van der Waals surface area contributed by atoms with Gasteiger partial charge in [0.2, 0.25) is 0 Å². The number of aromatic carboxylic acids is 1. The van der Waals surface area contributed by atoms with Gasteiger partial charge in [-0.05, 0) is 27.6 Å². The molecule has 13 heavy (non-hydrogen) atoms. The number of fused-ring (bicyclic) bond motifs is 1. The highest BCUT2D eigenvalue weighted by molar-refractivity contribution is 7.14. The number of benzene rings is 1. The lowest BCUT2D eigenvalue weighted by molar-refractivity contribution is 0.0697. The topological polar surface area (TPSA) is 55.1 Å². The van der Waals surface area contributed by atoms with E-state index in [1.807, 2.05) is 0 Å². The van der Waals surface area contributed by atoms with Crippen molar-refractivity contribution >= 4 is 26.3 Å². The summed E-state index contributed by atoms with van der Waals surface area (Å²) in [7, 11) is 2.43. The van der Waals surface area contributed by atoms with Crippen LogP contribution in [0, 0.1) is 0 Å². The summed E-state index contributed by atoms with van der Waals surface area (Å²) < 4.78 is 1.63. The van der Waals surface area contributed by atoms with Crippen LogP contribution in [-0.2, 0) is 0 Å². The first-order valence-electron chi connectivity index (χ1n) is 3.64. The van der Waals surface area contributed by atoms with Crippen LogP contribution in [0.5, 0.6) is 0 Å². The molecule has 5 heteroatoms. The maximum Gasteiger partial charge on any atom is 0.335 e. The molecule has 4 nitrogen and oxygen atoms in total. The number of aromatic nitrogens is 2. The Kier molecular flexibility index (Phi) is 1.78. The molecule has 0 saturated carbocycles. The van der Waals surface area contributed by atoms with Crippen molar-refractivity contribution < 1.29 is 9.90 Å². The average Bonchev–Trinajstić information content (AvgIpc) is 2.47. The average molecular weight is 194 g/mol. The van der Waals surface area contributed by atoms with E-state index in [1.165, 1.54) is 0 Å². The van der Waals surface area contributed by atoms with Gasteiger partial charge in [0, 0.05) is 5.39 Å². The molecule has 1 aromatic heterocycles. The molecule has 0 spiro atoms. The number of carbonyl (C=O) groups is 1. The number of carboxylic acids is 1. The van der Waals surface area contributed by atoms with Crippen molar-refractivity contribution in [1.29, 1.82) is 0 Å². The van der Waals surface area contributed by atoms with Gasteiger partial charge in [0.05, 0.1) is 17.3 Å². The molecule has 66 valence electrons. The molecule has 1 N–H and O–H groups in total. The second kappa shape index (κ2) is 2.82. The Morgan fingerprint density at radius 2 is 2.31 bits per heavy atom. The molecule has 0 fully saturated rings. The summed E-state index contributed by atoms with van der Waals surface area (Å²) in [5.41, 5.74) is 1.18. The first kappa shape index (κ1) is 8.20. The molecule has 0 radical (unpaired) electrons. The molecular formula is C8H7N2O2P. The van der Waals surface area contributed by atoms with Crippen molar-refractivity contribution in [3.05, 3.63) is 30.0 Å². The van der Waals surface area contributed by atoms with Crippen LogP contribution < -0.4 is 0 Å². The minimum Gasteiger partial charge on any atom is -0.478 e. The van der Waals surface area contributed by atoms with Gasteiger partial charge in [0.25, 0.3) is 0 Å². The van der Waals surface area contributed by atoms with Crippen LogP contribution in [0.4, 0.5) is 0 Å². The summed E-state index contributed by atoms with van der Waals surface area (Å²) in [5, 5.41) is 13.5. The van der Waals surface area contributed by atoms with Crippen molar-refractivity contribution in [3.8, 4) is 0 Å². The number of hydrogen-bond donors (Lipinski definition) is 1. The molecule has 0 aliphatic rings. The van der Waals surface area contributed by atoms with E-state index >= 15 is 0 Å². The third-order valence-electron chi connectivity index (χ3n) is 1.84. The van der Waals surface area contributed by atoms with Gasteiger partial charge < -0.3 is 5.11 Å². The van der Waals surface area contributed by atoms with E-state index in [-0.39, 0.29) is 5.56 Å². The van der Waals surface area contributed by atoms with Gasteiger partial charge in [0.1, 0.15) is 0 Å². The second-order valence-electron chi connectivity index (χ2n) is 2.67. The maximum atomic E-state index is 10.6. The van der Waals surface area contributed by atoms with Gasteiger partial charge in [-0.25, -0.2) is 4.79 Å². The number of carboxylic acid groups (broad SMARTS) is 1. The largest absolute Gasteiger partial charge is 0.478 e. The minimum absolute atomic E-state index is 0.283. The Bertz CT molecular complexity index is 478. The number of hydrogen-bond acceptors (Lipinski definition) is 2. The van der Waals surface area contributed by atoms with E-state index in [4.69, 9.17) is 5.11 Å². The Hall–Kier alpha value is -1.41. The highest BCUT2D eigenvalue weighted by Crippen LogP contribution is 2.17. The molecule has 1 aromatic carbocycles. The molecule has 1 heterocycles. The third-order valence-corrected chi connectivity index (χ3v) is 2.25. The maximum absolute atomic E-state index is 10.6. The molecule has 1 unspecified atom stereocenters. The van der Waals surface area contributed by atoms with Crippen molar-refractivity contribution in [2.75, 3.05) is 0 Å². The lowest BCUT2D eigenvalue weighted by Gasteiger charge is -1.95. The van der Waals surface area contributed by atoms with Crippen LogP contribution in [0.15, 0.2) is 24.4 Å². The molecule has 0 aliphatic heterocycles. The van der Waals surface area contributed by atoms with Crippen LogP contribution in [0.25, 0.3) is 10.9 Å². The van der Waals surface area contributed by atoms with E-state index in [0.29, 0.717) is 0 Å². The van der Waals surface area contributed by atoms with Crippen LogP contribution in [0.3, 0.4) is 0 Å². The first-order valence-corrected chi connectivity index (χ1v) is 4.16. The van der Waals surface area contributed by atoms with Crippen LogP contribution in [0.1, 0.15) is 10.4 Å². The molecule has 0 amide bonds. The summed E-state index contributed by atoms with van der Waals surface area (Å²) in [6, 6.07) is 4.90. The van der Waals surface area contributed by atoms with Crippen LogP contribution >= 0.6 is 9.39 Å². The van der Waals surface area contributed by atoms with Crippen LogP contribution in [0.2, 0.25) is 0 Å². The lowest BCUT2D eigenvalue weighted by Crippen LogP contribution is -1.94. The summed E-state index contributed by atoms with van der Waals surface area (Å²) in [4.78, 5) is 10.6. The fourth-order valence-electron chi connectivity index (χ4n) is 1.19. The fraction of sp³-hybridized carbons (Fsp3) is 0. The van der Waals surface area contributed by atoms with E-state index in [9.17, 15) is 4.79 Å². The van der Waals surface area contributed by atoms with E-state index < -0.39 is 5.97 Å². The van der Waals surface area contributed by atoms with Gasteiger partial charge in [-0.1, -0.05) is 0 Å². The molecule has 0 aliphatic carbocycles. The van der Waals surface area contributed by atoms with Crippen molar-refractivity contribution in [1.82, 2.24) is 9.55 Å². The number of nitrogens with zero attached hydrogens (tertiary/aromatic N) is 2. The van der Waals surface area contributed by atoms with Gasteiger partial charge in [-0.2, -0.15) is 5.10 Å². The Labute approximate surface area is 76.4 Å². The molecular weight excluding hydrogens is 187 g/mol.